The third kappa shape index (κ3) is 3.66. The molecule has 0 aliphatic heterocycles. The van der Waals surface area contributed by atoms with Gasteiger partial charge in [-0.2, -0.15) is 0 Å². The zero-order valence-corrected chi connectivity index (χ0v) is 15.2. The van der Waals surface area contributed by atoms with Crippen molar-refractivity contribution in [1.29, 1.82) is 0 Å². The molecule has 1 aliphatic carbocycles. The summed E-state index contributed by atoms with van der Waals surface area (Å²) in [6, 6.07) is 3.95. The van der Waals surface area contributed by atoms with E-state index in [4.69, 9.17) is 4.42 Å². The van der Waals surface area contributed by atoms with Crippen LogP contribution in [0.2, 0.25) is 0 Å². The van der Waals surface area contributed by atoms with Gasteiger partial charge in [-0.3, -0.25) is 4.79 Å². The van der Waals surface area contributed by atoms with E-state index in [9.17, 15) is 4.79 Å². The molecule has 1 saturated carbocycles. The summed E-state index contributed by atoms with van der Waals surface area (Å²) in [6.07, 6.45) is 5.14. The van der Waals surface area contributed by atoms with E-state index in [0.717, 1.165) is 6.42 Å². The Balaban J connectivity index is 1.55. The van der Waals surface area contributed by atoms with Crippen LogP contribution in [-0.4, -0.2) is 32.5 Å². The Kier molecular flexibility index (Phi) is 5.28. The lowest BCUT2D eigenvalue weighted by Crippen LogP contribution is -2.44. The van der Waals surface area contributed by atoms with E-state index in [2.05, 4.69) is 29.4 Å². The number of carbonyl (C=O) groups excluding carboxylic acids is 1. The Morgan fingerprint density at radius 1 is 1.42 bits per heavy atom. The molecule has 1 aliphatic rings. The Hall–Kier alpha value is -1.76. The van der Waals surface area contributed by atoms with Crippen LogP contribution in [-0.2, 0) is 11.8 Å². The van der Waals surface area contributed by atoms with Crippen molar-refractivity contribution in [3.63, 3.8) is 0 Å². The topological polar surface area (TPSA) is 73.0 Å². The summed E-state index contributed by atoms with van der Waals surface area (Å²) in [7, 11) is 1.88. The van der Waals surface area contributed by atoms with Gasteiger partial charge in [-0.25, -0.2) is 0 Å². The van der Waals surface area contributed by atoms with Gasteiger partial charge in [-0.05, 0) is 30.4 Å². The summed E-state index contributed by atoms with van der Waals surface area (Å²) in [5.41, 5.74) is 0. The number of hydrogen-bond donors (Lipinski definition) is 1. The second-order valence-electron chi connectivity index (χ2n) is 6.57. The molecule has 1 fully saturated rings. The van der Waals surface area contributed by atoms with Crippen LogP contribution in [0.1, 0.15) is 33.1 Å². The minimum atomic E-state index is 0.0634. The van der Waals surface area contributed by atoms with E-state index >= 15 is 0 Å². The van der Waals surface area contributed by atoms with Gasteiger partial charge in [0.1, 0.15) is 0 Å². The SMILES string of the molecule is CC1CCCC(NC(=O)CSc2nnc(-c3ccco3)n2C)C1C. The molecule has 2 aromatic rings. The maximum Gasteiger partial charge on any atom is 0.230 e. The van der Waals surface area contributed by atoms with Crippen molar-refractivity contribution in [3.8, 4) is 11.6 Å². The fourth-order valence-electron chi connectivity index (χ4n) is 3.23. The fraction of sp³-hybridized carbons (Fsp3) is 0.588. The summed E-state index contributed by atoms with van der Waals surface area (Å²) >= 11 is 1.40. The van der Waals surface area contributed by atoms with Gasteiger partial charge in [0.2, 0.25) is 5.91 Å². The number of furan rings is 1. The number of aromatic nitrogens is 3. The number of nitrogens with one attached hydrogen (secondary N) is 1. The van der Waals surface area contributed by atoms with Crippen LogP contribution in [0.5, 0.6) is 0 Å². The number of carbonyl (C=O) groups is 1. The van der Waals surface area contributed by atoms with Gasteiger partial charge in [-0.15, -0.1) is 10.2 Å². The molecule has 0 aromatic carbocycles. The average molecular weight is 348 g/mol. The third-order valence-electron chi connectivity index (χ3n) is 4.96. The molecule has 24 heavy (non-hydrogen) atoms. The molecule has 130 valence electrons. The smallest absolute Gasteiger partial charge is 0.230 e. The van der Waals surface area contributed by atoms with Crippen LogP contribution in [0.25, 0.3) is 11.6 Å². The highest BCUT2D eigenvalue weighted by molar-refractivity contribution is 7.99. The number of hydrogen-bond acceptors (Lipinski definition) is 5. The van der Waals surface area contributed by atoms with Crippen molar-refractivity contribution < 1.29 is 9.21 Å². The first kappa shape index (κ1) is 17.1. The van der Waals surface area contributed by atoms with Crippen molar-refractivity contribution in [2.24, 2.45) is 18.9 Å². The zero-order chi connectivity index (χ0) is 17.1. The van der Waals surface area contributed by atoms with E-state index in [0.29, 0.717) is 40.4 Å². The molecule has 3 unspecified atom stereocenters. The molecular formula is C17H24N4O2S. The molecule has 1 amide bonds. The van der Waals surface area contributed by atoms with Gasteiger partial charge in [-0.1, -0.05) is 38.5 Å². The predicted octanol–water partition coefficient (Wildman–Crippen LogP) is 3.11. The number of nitrogens with zero attached hydrogens (tertiary/aromatic N) is 3. The number of thioether (sulfide) groups is 1. The van der Waals surface area contributed by atoms with E-state index in [1.807, 2.05) is 23.7 Å². The van der Waals surface area contributed by atoms with Crippen LogP contribution in [0, 0.1) is 11.8 Å². The lowest BCUT2D eigenvalue weighted by Gasteiger charge is -2.34. The summed E-state index contributed by atoms with van der Waals surface area (Å²) in [4.78, 5) is 12.3. The van der Waals surface area contributed by atoms with Gasteiger partial charge in [0.05, 0.1) is 12.0 Å². The Bertz CT molecular complexity index is 683. The predicted molar refractivity (Wildman–Crippen MR) is 93.5 cm³/mol. The van der Waals surface area contributed by atoms with Crippen LogP contribution in [0.15, 0.2) is 28.0 Å². The van der Waals surface area contributed by atoms with E-state index < -0.39 is 0 Å². The van der Waals surface area contributed by atoms with E-state index in [1.165, 1.54) is 24.6 Å². The van der Waals surface area contributed by atoms with Gasteiger partial charge in [0, 0.05) is 13.1 Å². The highest BCUT2D eigenvalue weighted by Crippen LogP contribution is 2.29. The maximum absolute atomic E-state index is 12.3. The monoisotopic (exact) mass is 348 g/mol. The first-order valence-corrected chi connectivity index (χ1v) is 9.40. The van der Waals surface area contributed by atoms with Crippen LogP contribution >= 0.6 is 11.8 Å². The molecule has 1 N–H and O–H groups in total. The number of rotatable bonds is 5. The highest BCUT2D eigenvalue weighted by Gasteiger charge is 2.28. The molecule has 0 spiro atoms. The molecule has 2 aromatic heterocycles. The zero-order valence-electron chi connectivity index (χ0n) is 14.4. The normalized spacial score (nSPS) is 24.0. The van der Waals surface area contributed by atoms with Crippen molar-refractivity contribution in [1.82, 2.24) is 20.1 Å². The second kappa shape index (κ2) is 7.42. The van der Waals surface area contributed by atoms with Crippen molar-refractivity contribution in [2.75, 3.05) is 5.75 Å². The van der Waals surface area contributed by atoms with Gasteiger partial charge in [0.25, 0.3) is 0 Å². The molecule has 0 bridgehead atoms. The van der Waals surface area contributed by atoms with Crippen molar-refractivity contribution >= 4 is 17.7 Å². The van der Waals surface area contributed by atoms with E-state index in [1.54, 1.807) is 6.26 Å². The minimum absolute atomic E-state index is 0.0634. The van der Waals surface area contributed by atoms with Crippen LogP contribution in [0.4, 0.5) is 0 Å². The third-order valence-corrected chi connectivity index (χ3v) is 5.98. The lowest BCUT2D eigenvalue weighted by molar-refractivity contribution is -0.120. The molecule has 0 radical (unpaired) electrons. The Morgan fingerprint density at radius 2 is 2.25 bits per heavy atom. The van der Waals surface area contributed by atoms with E-state index in [-0.39, 0.29) is 5.91 Å². The average Bonchev–Trinajstić information content (AvgIpc) is 3.19. The summed E-state index contributed by atoms with van der Waals surface area (Å²) in [6.45, 7) is 4.51. The number of amides is 1. The Morgan fingerprint density at radius 3 is 3.00 bits per heavy atom. The molecule has 3 atom stereocenters. The summed E-state index contributed by atoms with van der Waals surface area (Å²) in [5.74, 6) is 2.96. The Labute approximate surface area is 146 Å². The standard InChI is InChI=1S/C17H24N4O2S/c1-11-6-4-7-13(12(11)2)18-15(22)10-24-17-20-19-16(21(17)3)14-8-5-9-23-14/h5,8-9,11-13H,4,6-7,10H2,1-3H3,(H,18,22). The van der Waals surface area contributed by atoms with Crippen LogP contribution in [0.3, 0.4) is 0 Å². The quantitative estimate of drug-likeness (QED) is 0.841. The second-order valence-corrected chi connectivity index (χ2v) is 7.51. The summed E-state index contributed by atoms with van der Waals surface area (Å²) < 4.78 is 7.20. The fourth-order valence-corrected chi connectivity index (χ4v) is 3.95. The van der Waals surface area contributed by atoms with Crippen LogP contribution < -0.4 is 5.32 Å². The first-order chi connectivity index (χ1) is 11.6. The van der Waals surface area contributed by atoms with Gasteiger partial charge in [0.15, 0.2) is 16.7 Å². The molecule has 2 heterocycles. The molecule has 7 heteroatoms. The maximum atomic E-state index is 12.3. The molecule has 0 saturated heterocycles. The molecule has 3 rings (SSSR count). The summed E-state index contributed by atoms with van der Waals surface area (Å²) in [5, 5.41) is 12.2. The highest BCUT2D eigenvalue weighted by atomic mass is 32.2. The molecular weight excluding hydrogens is 324 g/mol. The molecule has 6 nitrogen and oxygen atoms in total. The minimum Gasteiger partial charge on any atom is -0.461 e. The van der Waals surface area contributed by atoms with Gasteiger partial charge >= 0.3 is 0 Å². The van der Waals surface area contributed by atoms with Crippen molar-refractivity contribution in [2.45, 2.75) is 44.3 Å². The first-order valence-electron chi connectivity index (χ1n) is 8.41. The van der Waals surface area contributed by atoms with Crippen molar-refractivity contribution in [3.05, 3.63) is 18.4 Å². The lowest BCUT2D eigenvalue weighted by atomic mass is 9.78. The largest absolute Gasteiger partial charge is 0.461 e. The van der Waals surface area contributed by atoms with Gasteiger partial charge < -0.3 is 14.3 Å².